The lowest BCUT2D eigenvalue weighted by Gasteiger charge is -2.37. The van der Waals surface area contributed by atoms with Crippen LogP contribution in [-0.4, -0.2) is 30.0 Å². The van der Waals surface area contributed by atoms with Gasteiger partial charge in [-0.05, 0) is 62.1 Å². The second-order valence-electron chi connectivity index (χ2n) is 8.14. The fraction of sp³-hybridized carbons (Fsp3) is 0.333. The van der Waals surface area contributed by atoms with Crippen LogP contribution in [0.5, 0.6) is 0 Å². The van der Waals surface area contributed by atoms with E-state index in [0.717, 1.165) is 18.9 Å². The van der Waals surface area contributed by atoms with Gasteiger partial charge in [-0.1, -0.05) is 18.2 Å². The number of amides is 1. The molecule has 1 aliphatic carbocycles. The molecule has 0 atom stereocenters. The van der Waals surface area contributed by atoms with Crippen molar-refractivity contribution < 1.29 is 22.4 Å². The molecular formula is C24H23F4N3O. The SMILES string of the molecule is CN(c1cc(C(F)(F)F)nc2ccccc12)[C@H]1CC[C@@H](NC(=O)c2ccc(F)cc2)CC1. The van der Waals surface area contributed by atoms with Crippen molar-refractivity contribution in [3.63, 3.8) is 0 Å². The number of nitrogens with one attached hydrogen (secondary N) is 1. The first kappa shape index (κ1) is 22.0. The standard InChI is InChI=1S/C24H23F4N3O/c1-31(21-14-22(24(26,27)28)30-20-5-3-2-4-19(20)21)18-12-10-17(11-13-18)29-23(32)15-6-8-16(25)9-7-15/h2-9,14,17-18H,10-13H2,1H3,(H,29,32)/t17-,18+. The number of carbonyl (C=O) groups is 1. The van der Waals surface area contributed by atoms with E-state index in [4.69, 9.17) is 0 Å². The van der Waals surface area contributed by atoms with Crippen LogP contribution < -0.4 is 10.2 Å². The Hall–Kier alpha value is -3.16. The number of rotatable bonds is 4. The Morgan fingerprint density at radius 3 is 2.34 bits per heavy atom. The van der Waals surface area contributed by atoms with Crippen molar-refractivity contribution in [2.45, 2.75) is 43.9 Å². The number of pyridine rings is 1. The summed E-state index contributed by atoms with van der Waals surface area (Å²) in [5, 5.41) is 3.65. The van der Waals surface area contributed by atoms with Crippen LogP contribution in [0.25, 0.3) is 10.9 Å². The quantitative estimate of drug-likeness (QED) is 0.534. The Morgan fingerprint density at radius 2 is 1.69 bits per heavy atom. The molecular weight excluding hydrogens is 422 g/mol. The van der Waals surface area contributed by atoms with Gasteiger partial charge in [-0.2, -0.15) is 13.2 Å². The maximum Gasteiger partial charge on any atom is 0.433 e. The summed E-state index contributed by atoms with van der Waals surface area (Å²) in [7, 11) is 1.81. The maximum absolute atomic E-state index is 13.4. The van der Waals surface area contributed by atoms with Gasteiger partial charge in [-0.25, -0.2) is 9.37 Å². The van der Waals surface area contributed by atoms with Crippen LogP contribution in [0.3, 0.4) is 0 Å². The molecule has 3 aromatic rings. The Morgan fingerprint density at radius 1 is 1.03 bits per heavy atom. The van der Waals surface area contributed by atoms with Gasteiger partial charge >= 0.3 is 6.18 Å². The predicted molar refractivity (Wildman–Crippen MR) is 115 cm³/mol. The fourth-order valence-electron chi connectivity index (χ4n) is 4.27. The number of para-hydroxylation sites is 1. The van der Waals surface area contributed by atoms with Crippen LogP contribution in [0.2, 0.25) is 0 Å². The van der Waals surface area contributed by atoms with Gasteiger partial charge in [0.15, 0.2) is 0 Å². The lowest BCUT2D eigenvalue weighted by molar-refractivity contribution is -0.140. The third-order valence-electron chi connectivity index (χ3n) is 6.05. The number of benzene rings is 2. The number of nitrogens with zero attached hydrogens (tertiary/aromatic N) is 2. The summed E-state index contributed by atoms with van der Waals surface area (Å²) in [5.74, 6) is -0.654. The minimum absolute atomic E-state index is 0.0304. The number of hydrogen-bond acceptors (Lipinski definition) is 3. The van der Waals surface area contributed by atoms with E-state index in [9.17, 15) is 22.4 Å². The van der Waals surface area contributed by atoms with E-state index in [2.05, 4.69) is 10.3 Å². The number of anilines is 1. The van der Waals surface area contributed by atoms with E-state index in [1.165, 1.54) is 24.3 Å². The molecule has 1 aliphatic rings. The molecule has 1 amide bonds. The minimum atomic E-state index is -4.53. The molecule has 0 unspecified atom stereocenters. The van der Waals surface area contributed by atoms with Crippen LogP contribution in [0, 0.1) is 5.82 Å². The highest BCUT2D eigenvalue weighted by Crippen LogP contribution is 2.36. The summed E-state index contributed by atoms with van der Waals surface area (Å²) in [6.07, 6.45) is -1.66. The third kappa shape index (κ3) is 4.69. The van der Waals surface area contributed by atoms with Crippen molar-refractivity contribution >= 4 is 22.5 Å². The molecule has 168 valence electrons. The van der Waals surface area contributed by atoms with Crippen molar-refractivity contribution in [3.8, 4) is 0 Å². The van der Waals surface area contributed by atoms with E-state index in [1.807, 2.05) is 11.9 Å². The molecule has 1 N–H and O–H groups in total. The third-order valence-corrected chi connectivity index (χ3v) is 6.05. The van der Waals surface area contributed by atoms with Crippen molar-refractivity contribution in [2.24, 2.45) is 0 Å². The minimum Gasteiger partial charge on any atom is -0.371 e. The highest BCUT2D eigenvalue weighted by Gasteiger charge is 2.34. The van der Waals surface area contributed by atoms with E-state index in [0.29, 0.717) is 35.0 Å². The Labute approximate surface area is 183 Å². The van der Waals surface area contributed by atoms with E-state index < -0.39 is 17.7 Å². The zero-order valence-corrected chi connectivity index (χ0v) is 17.5. The highest BCUT2D eigenvalue weighted by atomic mass is 19.4. The molecule has 1 heterocycles. The van der Waals surface area contributed by atoms with Gasteiger partial charge in [0, 0.05) is 35.8 Å². The van der Waals surface area contributed by atoms with E-state index >= 15 is 0 Å². The molecule has 0 aliphatic heterocycles. The molecule has 1 aromatic heterocycles. The maximum atomic E-state index is 13.4. The summed E-state index contributed by atoms with van der Waals surface area (Å²) >= 11 is 0. The number of hydrogen-bond donors (Lipinski definition) is 1. The van der Waals surface area contributed by atoms with Gasteiger partial charge in [-0.3, -0.25) is 4.79 Å². The van der Waals surface area contributed by atoms with E-state index in [1.54, 1.807) is 24.3 Å². The largest absolute Gasteiger partial charge is 0.433 e. The van der Waals surface area contributed by atoms with Gasteiger partial charge < -0.3 is 10.2 Å². The number of carbonyl (C=O) groups excluding carboxylic acids is 1. The van der Waals surface area contributed by atoms with Crippen LogP contribution in [-0.2, 0) is 6.18 Å². The summed E-state index contributed by atoms with van der Waals surface area (Å²) in [5.41, 5.74) is 0.304. The lowest BCUT2D eigenvalue weighted by atomic mass is 9.89. The predicted octanol–water partition coefficient (Wildman–Crippen LogP) is 5.57. The molecule has 0 spiro atoms. The molecule has 4 rings (SSSR count). The first-order valence-electron chi connectivity index (χ1n) is 10.5. The molecule has 0 bridgehead atoms. The van der Waals surface area contributed by atoms with Crippen LogP contribution in [0.4, 0.5) is 23.2 Å². The first-order valence-corrected chi connectivity index (χ1v) is 10.5. The second-order valence-corrected chi connectivity index (χ2v) is 8.14. The van der Waals surface area contributed by atoms with Gasteiger partial charge in [0.25, 0.3) is 5.91 Å². The van der Waals surface area contributed by atoms with Gasteiger partial charge in [0.2, 0.25) is 0 Å². The molecule has 8 heteroatoms. The average molecular weight is 445 g/mol. The van der Waals surface area contributed by atoms with Gasteiger partial charge in [0.1, 0.15) is 11.5 Å². The topological polar surface area (TPSA) is 45.2 Å². The Kier molecular flexibility index (Phi) is 6.04. The van der Waals surface area contributed by atoms with Crippen molar-refractivity contribution in [1.82, 2.24) is 10.3 Å². The van der Waals surface area contributed by atoms with Crippen LogP contribution in [0.15, 0.2) is 54.6 Å². The number of aromatic nitrogens is 1. The highest BCUT2D eigenvalue weighted by molar-refractivity contribution is 5.94. The zero-order valence-electron chi connectivity index (χ0n) is 17.5. The van der Waals surface area contributed by atoms with Crippen molar-refractivity contribution in [2.75, 3.05) is 11.9 Å². The first-order chi connectivity index (χ1) is 15.2. The normalized spacial score (nSPS) is 19.0. The Balaban J connectivity index is 1.46. The van der Waals surface area contributed by atoms with Crippen molar-refractivity contribution in [3.05, 3.63) is 71.7 Å². The number of fused-ring (bicyclic) bond motifs is 1. The average Bonchev–Trinajstić information content (AvgIpc) is 2.78. The molecule has 0 radical (unpaired) electrons. The molecule has 2 aromatic carbocycles. The molecule has 0 saturated heterocycles. The summed E-state index contributed by atoms with van der Waals surface area (Å²) in [6.45, 7) is 0. The molecule has 4 nitrogen and oxygen atoms in total. The Bertz CT molecular complexity index is 1110. The second kappa shape index (κ2) is 8.76. The molecule has 1 saturated carbocycles. The number of halogens is 4. The molecule has 1 fully saturated rings. The summed E-state index contributed by atoms with van der Waals surface area (Å²) in [4.78, 5) is 18.1. The van der Waals surface area contributed by atoms with Crippen molar-refractivity contribution in [1.29, 1.82) is 0 Å². The molecule has 32 heavy (non-hydrogen) atoms. The monoisotopic (exact) mass is 445 g/mol. The number of alkyl halides is 3. The fourth-order valence-corrected chi connectivity index (χ4v) is 4.27. The van der Waals surface area contributed by atoms with Crippen LogP contribution >= 0.6 is 0 Å². The van der Waals surface area contributed by atoms with Crippen LogP contribution in [0.1, 0.15) is 41.7 Å². The smallest absolute Gasteiger partial charge is 0.371 e. The van der Waals surface area contributed by atoms with Gasteiger partial charge in [-0.15, -0.1) is 0 Å². The summed E-state index contributed by atoms with van der Waals surface area (Å²) < 4.78 is 53.2. The van der Waals surface area contributed by atoms with Gasteiger partial charge in [0.05, 0.1) is 5.52 Å². The lowest BCUT2D eigenvalue weighted by Crippen LogP contribution is -2.43. The van der Waals surface area contributed by atoms with E-state index in [-0.39, 0.29) is 18.0 Å². The summed E-state index contributed by atoms with van der Waals surface area (Å²) in [6, 6.07) is 13.3. The zero-order chi connectivity index (χ0) is 22.9.